The van der Waals surface area contributed by atoms with Crippen molar-refractivity contribution in [3.8, 4) is 0 Å². The SMILES string of the molecule is CC1(C)OC2CCC(Cc3ccc(Cl)cc3CO)C2O1. The van der Waals surface area contributed by atoms with E-state index in [1.165, 1.54) is 0 Å². The Balaban J connectivity index is 1.76. The van der Waals surface area contributed by atoms with E-state index in [0.29, 0.717) is 10.9 Å². The summed E-state index contributed by atoms with van der Waals surface area (Å²) in [5.74, 6) is -0.0124. The highest BCUT2D eigenvalue weighted by molar-refractivity contribution is 6.30. The first-order valence-corrected chi connectivity index (χ1v) is 7.60. The Kier molecular flexibility index (Phi) is 3.80. The molecule has 2 fully saturated rings. The summed E-state index contributed by atoms with van der Waals surface area (Å²) in [6, 6.07) is 5.75. The van der Waals surface area contributed by atoms with Crippen molar-refractivity contribution >= 4 is 11.6 Å². The van der Waals surface area contributed by atoms with Gasteiger partial charge in [0.1, 0.15) is 0 Å². The summed E-state index contributed by atoms with van der Waals surface area (Å²) in [7, 11) is 0. The fourth-order valence-electron chi connectivity index (χ4n) is 3.47. The summed E-state index contributed by atoms with van der Waals surface area (Å²) in [4.78, 5) is 0. The Morgan fingerprint density at radius 3 is 2.80 bits per heavy atom. The van der Waals surface area contributed by atoms with Crippen LogP contribution in [0.1, 0.15) is 37.8 Å². The Bertz CT molecular complexity index is 500. The maximum absolute atomic E-state index is 9.47. The number of ether oxygens (including phenoxy) is 2. The summed E-state index contributed by atoms with van der Waals surface area (Å²) >= 11 is 5.98. The van der Waals surface area contributed by atoms with Crippen molar-refractivity contribution < 1.29 is 14.6 Å². The third-order valence-electron chi connectivity index (χ3n) is 4.33. The lowest BCUT2D eigenvalue weighted by molar-refractivity contribution is -0.156. The molecule has 1 aliphatic heterocycles. The summed E-state index contributed by atoms with van der Waals surface area (Å²) < 4.78 is 12.0. The van der Waals surface area contributed by atoms with E-state index in [1.807, 2.05) is 32.0 Å². The second kappa shape index (κ2) is 5.30. The van der Waals surface area contributed by atoms with Gasteiger partial charge in [0.25, 0.3) is 0 Å². The molecule has 1 saturated carbocycles. The smallest absolute Gasteiger partial charge is 0.163 e. The minimum Gasteiger partial charge on any atom is -0.392 e. The first-order valence-electron chi connectivity index (χ1n) is 7.22. The summed E-state index contributed by atoms with van der Waals surface area (Å²) in [6.07, 6.45) is 3.47. The van der Waals surface area contributed by atoms with E-state index >= 15 is 0 Å². The predicted molar refractivity (Wildman–Crippen MR) is 77.6 cm³/mol. The molecular formula is C16H21ClO3. The summed E-state index contributed by atoms with van der Waals surface area (Å²) in [6.45, 7) is 3.98. The minimum absolute atomic E-state index is 0.0273. The highest BCUT2D eigenvalue weighted by Gasteiger charge is 2.48. The molecule has 1 saturated heterocycles. The zero-order chi connectivity index (χ0) is 14.3. The number of hydrogen-bond donors (Lipinski definition) is 1. The van der Waals surface area contributed by atoms with Crippen LogP contribution in [0, 0.1) is 5.92 Å². The summed E-state index contributed by atoms with van der Waals surface area (Å²) in [5.41, 5.74) is 2.08. The molecule has 4 heteroatoms. The standard InChI is InChI=1S/C16H21ClO3/c1-16(2)19-14-6-4-11(15(14)20-16)7-10-3-5-13(17)8-12(10)9-18/h3,5,8,11,14-15,18H,4,6-7,9H2,1-2H3. The number of halogens is 1. The number of hydrogen-bond acceptors (Lipinski definition) is 3. The van der Waals surface area contributed by atoms with Crippen LogP contribution in [-0.4, -0.2) is 23.1 Å². The third kappa shape index (κ3) is 2.73. The Labute approximate surface area is 124 Å². The average Bonchev–Trinajstić information content (AvgIpc) is 2.88. The van der Waals surface area contributed by atoms with Crippen LogP contribution in [0.25, 0.3) is 0 Å². The van der Waals surface area contributed by atoms with Crippen molar-refractivity contribution in [2.75, 3.05) is 0 Å². The highest BCUT2D eigenvalue weighted by atomic mass is 35.5. The van der Waals surface area contributed by atoms with Crippen LogP contribution < -0.4 is 0 Å². The van der Waals surface area contributed by atoms with Crippen LogP contribution >= 0.6 is 11.6 Å². The lowest BCUT2D eigenvalue weighted by atomic mass is 9.93. The molecule has 20 heavy (non-hydrogen) atoms. The molecule has 3 rings (SSSR count). The van der Waals surface area contributed by atoms with E-state index in [0.717, 1.165) is 30.4 Å². The lowest BCUT2D eigenvalue weighted by Crippen LogP contribution is -2.26. The normalized spacial score (nSPS) is 31.5. The van der Waals surface area contributed by atoms with Crippen molar-refractivity contribution in [1.29, 1.82) is 0 Å². The molecule has 3 atom stereocenters. The highest BCUT2D eigenvalue weighted by Crippen LogP contribution is 2.42. The Morgan fingerprint density at radius 2 is 2.05 bits per heavy atom. The van der Waals surface area contributed by atoms with Crippen LogP contribution in [-0.2, 0) is 22.5 Å². The van der Waals surface area contributed by atoms with Gasteiger partial charge < -0.3 is 14.6 Å². The molecule has 0 bridgehead atoms. The molecule has 110 valence electrons. The molecular weight excluding hydrogens is 276 g/mol. The first-order chi connectivity index (χ1) is 9.48. The van der Waals surface area contributed by atoms with Crippen LogP contribution in [0.4, 0.5) is 0 Å². The molecule has 0 aromatic heterocycles. The Morgan fingerprint density at radius 1 is 1.25 bits per heavy atom. The second-order valence-corrected chi connectivity index (χ2v) is 6.69. The number of aliphatic hydroxyl groups excluding tert-OH is 1. The van der Waals surface area contributed by atoms with E-state index in [-0.39, 0.29) is 18.8 Å². The largest absolute Gasteiger partial charge is 0.392 e. The molecule has 1 aromatic carbocycles. The van der Waals surface area contributed by atoms with Gasteiger partial charge in [-0.1, -0.05) is 17.7 Å². The third-order valence-corrected chi connectivity index (χ3v) is 4.56. The molecule has 1 N–H and O–H groups in total. The zero-order valence-corrected chi connectivity index (χ0v) is 12.7. The van der Waals surface area contributed by atoms with Gasteiger partial charge in [0.15, 0.2) is 5.79 Å². The van der Waals surface area contributed by atoms with Crippen LogP contribution in [0.3, 0.4) is 0 Å². The molecule has 3 nitrogen and oxygen atoms in total. The summed E-state index contributed by atoms with van der Waals surface area (Å²) in [5, 5.41) is 10.1. The monoisotopic (exact) mass is 296 g/mol. The Hall–Kier alpha value is -0.610. The zero-order valence-electron chi connectivity index (χ0n) is 11.9. The van der Waals surface area contributed by atoms with Crippen molar-refractivity contribution in [1.82, 2.24) is 0 Å². The topological polar surface area (TPSA) is 38.7 Å². The van der Waals surface area contributed by atoms with Crippen molar-refractivity contribution in [2.24, 2.45) is 5.92 Å². The van der Waals surface area contributed by atoms with Gasteiger partial charge in [-0.15, -0.1) is 0 Å². The maximum atomic E-state index is 9.47. The average molecular weight is 297 g/mol. The van der Waals surface area contributed by atoms with Crippen LogP contribution in [0.15, 0.2) is 18.2 Å². The van der Waals surface area contributed by atoms with E-state index < -0.39 is 5.79 Å². The fourth-order valence-corrected chi connectivity index (χ4v) is 3.66. The molecule has 1 aliphatic carbocycles. The molecule has 1 aromatic rings. The maximum Gasteiger partial charge on any atom is 0.163 e. The lowest BCUT2D eigenvalue weighted by Gasteiger charge is -2.22. The number of rotatable bonds is 3. The van der Waals surface area contributed by atoms with Gasteiger partial charge in [0.2, 0.25) is 0 Å². The quantitative estimate of drug-likeness (QED) is 0.930. The van der Waals surface area contributed by atoms with Gasteiger partial charge in [-0.05, 0) is 62.3 Å². The van der Waals surface area contributed by atoms with Gasteiger partial charge in [-0.25, -0.2) is 0 Å². The van der Waals surface area contributed by atoms with Crippen LogP contribution in [0.2, 0.25) is 5.02 Å². The number of aliphatic hydroxyl groups is 1. The van der Waals surface area contributed by atoms with E-state index in [1.54, 1.807) is 0 Å². The van der Waals surface area contributed by atoms with Gasteiger partial charge in [0, 0.05) is 5.02 Å². The second-order valence-electron chi connectivity index (χ2n) is 6.25. The van der Waals surface area contributed by atoms with Gasteiger partial charge in [-0.2, -0.15) is 0 Å². The molecule has 0 spiro atoms. The molecule has 0 amide bonds. The van der Waals surface area contributed by atoms with Gasteiger partial charge >= 0.3 is 0 Å². The number of fused-ring (bicyclic) bond motifs is 1. The van der Waals surface area contributed by atoms with Gasteiger partial charge in [0.05, 0.1) is 18.8 Å². The molecule has 0 radical (unpaired) electrons. The predicted octanol–water partition coefficient (Wildman–Crippen LogP) is 3.30. The van der Waals surface area contributed by atoms with Crippen molar-refractivity contribution in [3.05, 3.63) is 34.3 Å². The van der Waals surface area contributed by atoms with Gasteiger partial charge in [-0.3, -0.25) is 0 Å². The fraction of sp³-hybridized carbons (Fsp3) is 0.625. The van der Waals surface area contributed by atoms with E-state index in [4.69, 9.17) is 21.1 Å². The molecule has 2 aliphatic rings. The van der Waals surface area contributed by atoms with E-state index in [9.17, 15) is 5.11 Å². The molecule has 1 heterocycles. The number of benzene rings is 1. The van der Waals surface area contributed by atoms with Crippen molar-refractivity contribution in [3.63, 3.8) is 0 Å². The molecule has 3 unspecified atom stereocenters. The first kappa shape index (κ1) is 14.3. The van der Waals surface area contributed by atoms with E-state index in [2.05, 4.69) is 0 Å². The van der Waals surface area contributed by atoms with Crippen LogP contribution in [0.5, 0.6) is 0 Å². The minimum atomic E-state index is -0.464. The van der Waals surface area contributed by atoms with Crippen molar-refractivity contribution in [2.45, 2.75) is 57.7 Å².